The molecule has 0 saturated heterocycles. The van der Waals surface area contributed by atoms with Crippen molar-refractivity contribution in [3.8, 4) is 11.5 Å². The van der Waals surface area contributed by atoms with Crippen LogP contribution in [0.25, 0.3) is 0 Å². The quantitative estimate of drug-likeness (QED) is 0.888. The molecule has 0 aliphatic carbocycles. The van der Waals surface area contributed by atoms with Gasteiger partial charge in [-0.25, -0.2) is 0 Å². The van der Waals surface area contributed by atoms with Crippen molar-refractivity contribution in [2.45, 2.75) is 39.7 Å². The van der Waals surface area contributed by atoms with Gasteiger partial charge in [0.2, 0.25) is 12.7 Å². The molecule has 0 spiro atoms. The summed E-state index contributed by atoms with van der Waals surface area (Å²) in [6.07, 6.45) is 1.37. The fourth-order valence-electron chi connectivity index (χ4n) is 2.18. The summed E-state index contributed by atoms with van der Waals surface area (Å²) in [5.41, 5.74) is 1.14. The summed E-state index contributed by atoms with van der Waals surface area (Å²) in [7, 11) is 0. The van der Waals surface area contributed by atoms with Gasteiger partial charge in [-0.3, -0.25) is 4.79 Å². The SMILES string of the molecule is CC(C)CC(=O)NC(C)Cc1ccc2c(c1)OCO2. The fourth-order valence-corrected chi connectivity index (χ4v) is 2.18. The van der Waals surface area contributed by atoms with Crippen LogP contribution in [0, 0.1) is 5.92 Å². The molecule has 1 aromatic rings. The third-order valence-corrected chi connectivity index (χ3v) is 2.98. The number of nitrogens with one attached hydrogen (secondary N) is 1. The van der Waals surface area contributed by atoms with E-state index in [0.29, 0.717) is 19.1 Å². The number of hydrogen-bond donors (Lipinski definition) is 1. The molecule has 0 aromatic heterocycles. The molecule has 1 amide bonds. The highest BCUT2D eigenvalue weighted by molar-refractivity contribution is 5.76. The van der Waals surface area contributed by atoms with E-state index in [-0.39, 0.29) is 11.9 Å². The maximum atomic E-state index is 11.7. The van der Waals surface area contributed by atoms with Crippen LogP contribution in [0.2, 0.25) is 0 Å². The van der Waals surface area contributed by atoms with E-state index in [1.807, 2.05) is 39.0 Å². The topological polar surface area (TPSA) is 47.6 Å². The largest absolute Gasteiger partial charge is 0.454 e. The average molecular weight is 263 g/mol. The molecule has 1 heterocycles. The van der Waals surface area contributed by atoms with Crippen LogP contribution in [0.15, 0.2) is 18.2 Å². The van der Waals surface area contributed by atoms with Crippen molar-refractivity contribution < 1.29 is 14.3 Å². The summed E-state index contributed by atoms with van der Waals surface area (Å²) in [5, 5.41) is 3.02. The van der Waals surface area contributed by atoms with Gasteiger partial charge in [-0.05, 0) is 37.0 Å². The van der Waals surface area contributed by atoms with Gasteiger partial charge in [0.15, 0.2) is 11.5 Å². The van der Waals surface area contributed by atoms with Crippen molar-refractivity contribution in [3.05, 3.63) is 23.8 Å². The maximum absolute atomic E-state index is 11.7. The molecule has 4 heteroatoms. The van der Waals surface area contributed by atoms with Crippen molar-refractivity contribution in [3.63, 3.8) is 0 Å². The lowest BCUT2D eigenvalue weighted by Gasteiger charge is -2.15. The number of carbonyl (C=O) groups is 1. The van der Waals surface area contributed by atoms with Crippen LogP contribution in [0.5, 0.6) is 11.5 Å². The van der Waals surface area contributed by atoms with Gasteiger partial charge in [0, 0.05) is 12.5 Å². The molecule has 0 radical (unpaired) electrons. The molecule has 1 aliphatic rings. The molecule has 0 fully saturated rings. The van der Waals surface area contributed by atoms with Gasteiger partial charge in [0.1, 0.15) is 0 Å². The minimum absolute atomic E-state index is 0.114. The third-order valence-electron chi connectivity index (χ3n) is 2.98. The lowest BCUT2D eigenvalue weighted by Crippen LogP contribution is -2.34. The highest BCUT2D eigenvalue weighted by atomic mass is 16.7. The Kier molecular flexibility index (Phi) is 4.30. The van der Waals surface area contributed by atoms with Crippen molar-refractivity contribution in [1.29, 1.82) is 0 Å². The molecule has 1 aliphatic heterocycles. The summed E-state index contributed by atoms with van der Waals surface area (Å²) >= 11 is 0. The number of ether oxygens (including phenoxy) is 2. The molecule has 1 N–H and O–H groups in total. The number of amides is 1. The van der Waals surface area contributed by atoms with Gasteiger partial charge in [0.25, 0.3) is 0 Å². The van der Waals surface area contributed by atoms with E-state index >= 15 is 0 Å². The highest BCUT2D eigenvalue weighted by Crippen LogP contribution is 2.32. The van der Waals surface area contributed by atoms with Gasteiger partial charge in [-0.2, -0.15) is 0 Å². The second kappa shape index (κ2) is 5.95. The first-order valence-electron chi connectivity index (χ1n) is 6.72. The first-order valence-corrected chi connectivity index (χ1v) is 6.72. The number of benzene rings is 1. The van der Waals surface area contributed by atoms with Crippen LogP contribution < -0.4 is 14.8 Å². The highest BCUT2D eigenvalue weighted by Gasteiger charge is 2.15. The Morgan fingerprint density at radius 1 is 1.26 bits per heavy atom. The minimum atomic E-state index is 0.114. The van der Waals surface area contributed by atoms with E-state index in [1.54, 1.807) is 0 Å². The molecule has 19 heavy (non-hydrogen) atoms. The van der Waals surface area contributed by atoms with E-state index in [2.05, 4.69) is 5.32 Å². The molecule has 1 atom stereocenters. The Morgan fingerprint density at radius 2 is 2.00 bits per heavy atom. The lowest BCUT2D eigenvalue weighted by atomic mass is 10.1. The predicted molar refractivity (Wildman–Crippen MR) is 73.3 cm³/mol. The van der Waals surface area contributed by atoms with Gasteiger partial charge < -0.3 is 14.8 Å². The zero-order valence-corrected chi connectivity index (χ0v) is 11.7. The second-order valence-corrected chi connectivity index (χ2v) is 5.46. The molecule has 1 unspecified atom stereocenters. The molecule has 1 aromatic carbocycles. The van der Waals surface area contributed by atoms with Crippen LogP contribution in [-0.4, -0.2) is 18.7 Å². The lowest BCUT2D eigenvalue weighted by molar-refractivity contribution is -0.122. The molecule has 104 valence electrons. The predicted octanol–water partition coefficient (Wildman–Crippen LogP) is 2.51. The van der Waals surface area contributed by atoms with Crippen LogP contribution in [0.1, 0.15) is 32.8 Å². The normalized spacial score (nSPS) is 14.5. The first-order chi connectivity index (χ1) is 9.04. The van der Waals surface area contributed by atoms with E-state index in [0.717, 1.165) is 23.5 Å². The zero-order valence-electron chi connectivity index (χ0n) is 11.7. The Bertz CT molecular complexity index is 457. The van der Waals surface area contributed by atoms with Crippen molar-refractivity contribution in [2.24, 2.45) is 5.92 Å². The fraction of sp³-hybridized carbons (Fsp3) is 0.533. The van der Waals surface area contributed by atoms with E-state index in [9.17, 15) is 4.79 Å². The second-order valence-electron chi connectivity index (χ2n) is 5.46. The van der Waals surface area contributed by atoms with Gasteiger partial charge in [0.05, 0.1) is 0 Å². The monoisotopic (exact) mass is 263 g/mol. The van der Waals surface area contributed by atoms with Crippen LogP contribution >= 0.6 is 0 Å². The standard InChI is InChI=1S/C15H21NO3/c1-10(2)6-15(17)16-11(3)7-12-4-5-13-14(8-12)19-9-18-13/h4-5,8,10-11H,6-7,9H2,1-3H3,(H,16,17). The van der Waals surface area contributed by atoms with Crippen LogP contribution in [0.4, 0.5) is 0 Å². The molecule has 0 saturated carbocycles. The summed E-state index contributed by atoms with van der Waals surface area (Å²) < 4.78 is 10.6. The van der Waals surface area contributed by atoms with E-state index < -0.39 is 0 Å². The molecule has 2 rings (SSSR count). The average Bonchev–Trinajstić information content (AvgIpc) is 2.74. The number of fused-ring (bicyclic) bond motifs is 1. The van der Waals surface area contributed by atoms with Crippen molar-refractivity contribution in [2.75, 3.05) is 6.79 Å². The molecule has 4 nitrogen and oxygen atoms in total. The maximum Gasteiger partial charge on any atom is 0.231 e. The Morgan fingerprint density at radius 3 is 2.74 bits per heavy atom. The van der Waals surface area contributed by atoms with Crippen molar-refractivity contribution in [1.82, 2.24) is 5.32 Å². The number of carbonyl (C=O) groups excluding carboxylic acids is 1. The summed E-state index contributed by atoms with van der Waals surface area (Å²) in [6.45, 7) is 6.40. The van der Waals surface area contributed by atoms with E-state index in [4.69, 9.17) is 9.47 Å². The molecular formula is C15H21NO3. The minimum Gasteiger partial charge on any atom is -0.454 e. The molecule has 0 bridgehead atoms. The molecular weight excluding hydrogens is 242 g/mol. The smallest absolute Gasteiger partial charge is 0.231 e. The zero-order chi connectivity index (χ0) is 13.8. The van der Waals surface area contributed by atoms with Gasteiger partial charge in [-0.15, -0.1) is 0 Å². The summed E-state index contributed by atoms with van der Waals surface area (Å²) in [4.78, 5) is 11.7. The van der Waals surface area contributed by atoms with Crippen LogP contribution in [0.3, 0.4) is 0 Å². The van der Waals surface area contributed by atoms with E-state index in [1.165, 1.54) is 0 Å². The number of rotatable bonds is 5. The van der Waals surface area contributed by atoms with Gasteiger partial charge in [-0.1, -0.05) is 19.9 Å². The Hall–Kier alpha value is -1.71. The first kappa shape index (κ1) is 13.7. The summed E-state index contributed by atoms with van der Waals surface area (Å²) in [6, 6.07) is 6.03. The van der Waals surface area contributed by atoms with Crippen molar-refractivity contribution >= 4 is 5.91 Å². The van der Waals surface area contributed by atoms with Crippen LogP contribution in [-0.2, 0) is 11.2 Å². The third kappa shape index (κ3) is 3.88. The Labute approximate surface area is 114 Å². The van der Waals surface area contributed by atoms with Gasteiger partial charge >= 0.3 is 0 Å². The Balaban J connectivity index is 1.88. The number of hydrogen-bond acceptors (Lipinski definition) is 3. The summed E-state index contributed by atoms with van der Waals surface area (Å²) in [5.74, 6) is 2.08.